The Bertz CT molecular complexity index is 356. The van der Waals surface area contributed by atoms with Crippen LogP contribution in [0.5, 0.6) is 0 Å². The van der Waals surface area contributed by atoms with E-state index in [1.807, 2.05) is 0 Å². The summed E-state index contributed by atoms with van der Waals surface area (Å²) < 4.78 is 4.49. The number of esters is 1. The molecule has 0 aliphatic carbocycles. The number of carbonyl (C=O) groups is 3. The maximum Gasteiger partial charge on any atom is 0.305 e. The van der Waals surface area contributed by atoms with Gasteiger partial charge < -0.3 is 20.1 Å². The lowest BCUT2D eigenvalue weighted by molar-refractivity contribution is -0.141. The lowest BCUT2D eigenvalue weighted by Crippen LogP contribution is -1.99. The molecule has 0 atom stereocenters. The van der Waals surface area contributed by atoms with Crippen LogP contribution >= 0.6 is 0 Å². The zero-order valence-electron chi connectivity index (χ0n) is 16.1. The summed E-state index contributed by atoms with van der Waals surface area (Å²) in [5, 5.41) is 25.1. The number of unbranched alkanes of at least 4 members (excludes halogenated alkanes) is 9. The third-order valence-corrected chi connectivity index (χ3v) is 3.80. The molecule has 0 heterocycles. The van der Waals surface area contributed by atoms with Crippen LogP contribution in [0.4, 0.5) is 0 Å². The Morgan fingerprint density at radius 1 is 0.615 bits per heavy atom. The van der Waals surface area contributed by atoms with Crippen molar-refractivity contribution < 1.29 is 34.4 Å². The molecular formula is C19H36O7. The van der Waals surface area contributed by atoms with Crippen molar-refractivity contribution in [3.8, 4) is 0 Å². The lowest BCUT2D eigenvalue weighted by atomic mass is 10.1. The molecule has 0 unspecified atom stereocenters. The fourth-order valence-corrected chi connectivity index (χ4v) is 2.27. The van der Waals surface area contributed by atoms with E-state index in [9.17, 15) is 14.4 Å². The first-order valence-corrected chi connectivity index (χ1v) is 9.55. The quantitative estimate of drug-likeness (QED) is 0.277. The molecule has 0 aromatic rings. The minimum absolute atomic E-state index is 0.171. The van der Waals surface area contributed by atoms with E-state index in [4.69, 9.17) is 15.3 Å². The van der Waals surface area contributed by atoms with E-state index in [1.54, 1.807) is 0 Å². The van der Waals surface area contributed by atoms with Crippen LogP contribution in [0.25, 0.3) is 0 Å². The molecule has 7 nitrogen and oxygen atoms in total. The predicted octanol–water partition coefficient (Wildman–Crippen LogP) is 3.77. The highest BCUT2D eigenvalue weighted by atomic mass is 16.5. The Morgan fingerprint density at radius 2 is 0.962 bits per heavy atom. The van der Waals surface area contributed by atoms with Crippen molar-refractivity contribution in [3.63, 3.8) is 0 Å². The van der Waals surface area contributed by atoms with Gasteiger partial charge in [0, 0.05) is 25.9 Å². The van der Waals surface area contributed by atoms with Crippen molar-refractivity contribution in [1.82, 2.24) is 0 Å². The van der Waals surface area contributed by atoms with Gasteiger partial charge in [0.05, 0.1) is 7.11 Å². The third kappa shape index (κ3) is 27.2. The zero-order chi connectivity index (χ0) is 20.0. The van der Waals surface area contributed by atoms with Gasteiger partial charge in [-0.25, -0.2) is 0 Å². The van der Waals surface area contributed by atoms with Gasteiger partial charge in [-0.05, 0) is 25.7 Å². The molecule has 0 aromatic heterocycles. The first kappa shape index (κ1) is 26.6. The van der Waals surface area contributed by atoms with E-state index < -0.39 is 11.9 Å². The average molecular weight is 376 g/mol. The van der Waals surface area contributed by atoms with E-state index in [0.29, 0.717) is 12.8 Å². The Kier molecular flexibility index (Phi) is 21.9. The SMILES string of the molecule is COC(=O)CCCCCCCC(=O)O.O=C(O)CCCCCCCCO. The summed E-state index contributed by atoms with van der Waals surface area (Å²) in [6, 6.07) is 0. The van der Waals surface area contributed by atoms with Crippen LogP contribution in [0.15, 0.2) is 0 Å². The van der Waals surface area contributed by atoms with Gasteiger partial charge in [-0.3, -0.25) is 14.4 Å². The number of hydrogen-bond donors (Lipinski definition) is 3. The van der Waals surface area contributed by atoms with Crippen molar-refractivity contribution in [2.75, 3.05) is 13.7 Å². The van der Waals surface area contributed by atoms with Crippen molar-refractivity contribution in [2.24, 2.45) is 0 Å². The molecular weight excluding hydrogens is 340 g/mol. The van der Waals surface area contributed by atoms with E-state index in [1.165, 1.54) is 7.11 Å². The highest BCUT2D eigenvalue weighted by molar-refractivity contribution is 5.69. The Morgan fingerprint density at radius 3 is 1.31 bits per heavy atom. The van der Waals surface area contributed by atoms with E-state index in [-0.39, 0.29) is 19.0 Å². The molecule has 0 aliphatic rings. The minimum Gasteiger partial charge on any atom is -0.481 e. The number of ether oxygens (including phenoxy) is 1. The second kappa shape index (κ2) is 21.4. The highest BCUT2D eigenvalue weighted by Gasteiger charge is 2.00. The Balaban J connectivity index is 0. The zero-order valence-corrected chi connectivity index (χ0v) is 16.1. The first-order chi connectivity index (χ1) is 12.4. The number of carboxylic acid groups (broad SMARTS) is 2. The first-order valence-electron chi connectivity index (χ1n) is 9.55. The molecule has 0 rings (SSSR count). The van der Waals surface area contributed by atoms with Gasteiger partial charge >= 0.3 is 17.9 Å². The van der Waals surface area contributed by atoms with E-state index in [0.717, 1.165) is 70.6 Å². The molecule has 0 radical (unpaired) electrons. The third-order valence-electron chi connectivity index (χ3n) is 3.80. The number of rotatable bonds is 16. The van der Waals surface area contributed by atoms with Crippen LogP contribution in [0, 0.1) is 0 Å². The summed E-state index contributed by atoms with van der Waals surface area (Å²) in [5.74, 6) is -1.61. The molecule has 0 amide bonds. The number of aliphatic hydroxyl groups is 1. The summed E-state index contributed by atoms with van der Waals surface area (Å²) in [7, 11) is 1.38. The van der Waals surface area contributed by atoms with Gasteiger partial charge in [0.15, 0.2) is 0 Å². The number of aliphatic carboxylic acids is 2. The van der Waals surface area contributed by atoms with Gasteiger partial charge in [0.25, 0.3) is 0 Å². The predicted molar refractivity (Wildman–Crippen MR) is 99.0 cm³/mol. The molecule has 3 N–H and O–H groups in total. The normalized spacial score (nSPS) is 9.92. The number of carboxylic acids is 2. The number of methoxy groups -OCH3 is 1. The van der Waals surface area contributed by atoms with Crippen molar-refractivity contribution in [3.05, 3.63) is 0 Å². The second-order valence-electron chi connectivity index (χ2n) is 6.23. The summed E-state index contributed by atoms with van der Waals surface area (Å²) in [4.78, 5) is 30.9. The molecule has 26 heavy (non-hydrogen) atoms. The van der Waals surface area contributed by atoms with Crippen LogP contribution in [0.2, 0.25) is 0 Å². The second-order valence-corrected chi connectivity index (χ2v) is 6.23. The maximum absolute atomic E-state index is 10.7. The number of aliphatic hydroxyl groups excluding tert-OH is 1. The van der Waals surface area contributed by atoms with Crippen LogP contribution in [-0.2, 0) is 19.1 Å². The van der Waals surface area contributed by atoms with Gasteiger partial charge in [-0.1, -0.05) is 44.9 Å². The lowest BCUT2D eigenvalue weighted by Gasteiger charge is -1.99. The molecule has 0 aliphatic heterocycles. The molecule has 7 heteroatoms. The van der Waals surface area contributed by atoms with Crippen LogP contribution in [0.1, 0.15) is 89.9 Å². The standard InChI is InChI=1S/C10H18O4.C9H18O3/c1-14-10(13)8-6-4-2-3-5-7-9(11)12;10-8-6-4-2-1-3-5-7-9(11)12/h2-8H2,1H3,(H,11,12);10H,1-8H2,(H,11,12). The van der Waals surface area contributed by atoms with Gasteiger partial charge in [0.1, 0.15) is 0 Å². The molecule has 154 valence electrons. The van der Waals surface area contributed by atoms with Crippen molar-refractivity contribution in [1.29, 1.82) is 0 Å². The van der Waals surface area contributed by atoms with E-state index in [2.05, 4.69) is 4.74 Å². The topological polar surface area (TPSA) is 121 Å². The van der Waals surface area contributed by atoms with Crippen molar-refractivity contribution in [2.45, 2.75) is 89.9 Å². The molecule has 0 saturated heterocycles. The van der Waals surface area contributed by atoms with Gasteiger partial charge in [-0.15, -0.1) is 0 Å². The highest BCUT2D eigenvalue weighted by Crippen LogP contribution is 2.07. The van der Waals surface area contributed by atoms with Crippen molar-refractivity contribution >= 4 is 17.9 Å². The summed E-state index contributed by atoms with van der Waals surface area (Å²) in [6.45, 7) is 0.273. The maximum atomic E-state index is 10.7. The fourth-order valence-electron chi connectivity index (χ4n) is 2.27. The van der Waals surface area contributed by atoms with Gasteiger partial charge in [-0.2, -0.15) is 0 Å². The molecule has 0 fully saturated rings. The Hall–Kier alpha value is -1.63. The molecule has 0 bridgehead atoms. The summed E-state index contributed by atoms with van der Waals surface area (Å²) in [6.07, 6.45) is 11.4. The summed E-state index contributed by atoms with van der Waals surface area (Å²) in [5.41, 5.74) is 0. The largest absolute Gasteiger partial charge is 0.481 e. The fraction of sp³-hybridized carbons (Fsp3) is 0.842. The molecule has 0 aromatic carbocycles. The number of carbonyl (C=O) groups excluding carboxylic acids is 1. The summed E-state index contributed by atoms with van der Waals surface area (Å²) >= 11 is 0. The molecule has 0 saturated carbocycles. The smallest absolute Gasteiger partial charge is 0.305 e. The van der Waals surface area contributed by atoms with Crippen LogP contribution in [-0.4, -0.2) is 46.9 Å². The monoisotopic (exact) mass is 376 g/mol. The van der Waals surface area contributed by atoms with Crippen LogP contribution in [0.3, 0.4) is 0 Å². The van der Waals surface area contributed by atoms with Gasteiger partial charge in [0.2, 0.25) is 0 Å². The number of hydrogen-bond acceptors (Lipinski definition) is 5. The Labute approximate surface area is 156 Å². The average Bonchev–Trinajstić information content (AvgIpc) is 2.60. The minimum atomic E-state index is -0.737. The van der Waals surface area contributed by atoms with E-state index >= 15 is 0 Å². The van der Waals surface area contributed by atoms with Crippen LogP contribution < -0.4 is 0 Å². The molecule has 0 spiro atoms.